The molecule has 5 nitrogen and oxygen atoms in total. The molecule has 0 amide bonds. The number of thiocarbonyl (C=S) groups is 1. The van der Waals surface area contributed by atoms with Crippen LogP contribution in [0.2, 0.25) is 0 Å². The van der Waals surface area contributed by atoms with Crippen LogP contribution in [0.5, 0.6) is 5.75 Å². The molecule has 0 aliphatic carbocycles. The predicted octanol–water partition coefficient (Wildman–Crippen LogP) is 0.800. The highest BCUT2D eigenvalue weighted by Crippen LogP contribution is 2.28. The van der Waals surface area contributed by atoms with Crippen LogP contribution in [0, 0.1) is 0 Å². The predicted molar refractivity (Wildman–Crippen MR) is 66.1 cm³/mol. The third kappa shape index (κ3) is 2.69. The lowest BCUT2D eigenvalue weighted by Crippen LogP contribution is -2.39. The van der Waals surface area contributed by atoms with Gasteiger partial charge in [0, 0.05) is 7.05 Å². The van der Waals surface area contributed by atoms with Gasteiger partial charge in [0.25, 0.3) is 0 Å². The highest BCUT2D eigenvalue weighted by molar-refractivity contribution is 7.86. The minimum Gasteiger partial charge on any atom is -0.755 e. The first-order valence-corrected chi connectivity index (χ1v) is 5.80. The van der Waals surface area contributed by atoms with Crippen LogP contribution >= 0.6 is 12.2 Å². The molecule has 0 heterocycles. The molecule has 0 radical (unpaired) electrons. The number of hydrogen-bond acceptors (Lipinski definition) is 4. The second kappa shape index (κ2) is 5.78. The van der Waals surface area contributed by atoms with Crippen LogP contribution in [0.4, 0.5) is 5.69 Å². The van der Waals surface area contributed by atoms with Crippen LogP contribution in [-0.4, -0.2) is 28.0 Å². The van der Waals surface area contributed by atoms with E-state index in [0.29, 0.717) is 11.4 Å². The van der Waals surface area contributed by atoms with Crippen molar-refractivity contribution in [2.45, 2.75) is 0 Å². The number of para-hydroxylation sites is 2. The molecule has 1 aromatic carbocycles. The summed E-state index contributed by atoms with van der Waals surface area (Å²) in [4.78, 5) is 0. The van der Waals surface area contributed by atoms with Crippen molar-refractivity contribution in [3.8, 4) is 5.75 Å². The Morgan fingerprint density at radius 2 is 2.19 bits per heavy atom. The summed E-state index contributed by atoms with van der Waals surface area (Å²) in [5.41, 5.74) is 0.373. The molecule has 0 aromatic heterocycles. The van der Waals surface area contributed by atoms with E-state index in [1.807, 2.05) is 0 Å². The quantitative estimate of drug-likeness (QED) is 0.642. The van der Waals surface area contributed by atoms with Gasteiger partial charge < -0.3 is 14.6 Å². The van der Waals surface area contributed by atoms with Gasteiger partial charge in [-0.05, 0) is 24.4 Å². The molecule has 1 rings (SSSR count). The molecule has 0 bridgehead atoms. The summed E-state index contributed by atoms with van der Waals surface area (Å²) in [7, 11) is 3.02. The van der Waals surface area contributed by atoms with Gasteiger partial charge in [0.05, 0.1) is 24.1 Å². The fourth-order valence-corrected chi connectivity index (χ4v) is 1.98. The maximum absolute atomic E-state index is 11.1. The highest BCUT2D eigenvalue weighted by atomic mass is 32.2. The molecule has 1 N–H and O–H groups in total. The zero-order chi connectivity index (χ0) is 12.1. The third-order valence-electron chi connectivity index (χ3n) is 1.85. The molecule has 1 aromatic rings. The largest absolute Gasteiger partial charge is 0.755 e. The maximum Gasteiger partial charge on any atom is 0.184 e. The van der Waals surface area contributed by atoms with Crippen LogP contribution in [0.25, 0.3) is 0 Å². The van der Waals surface area contributed by atoms with E-state index in [1.165, 1.54) is 7.11 Å². The summed E-state index contributed by atoms with van der Waals surface area (Å²) in [5.74, 6) is 0.435. The summed E-state index contributed by atoms with van der Waals surface area (Å²) in [6.45, 7) is 0. The smallest absolute Gasteiger partial charge is 0.184 e. The first kappa shape index (κ1) is 12.9. The van der Waals surface area contributed by atoms with Gasteiger partial charge in [-0.15, -0.1) is 0 Å². The average Bonchev–Trinajstić information content (AvgIpc) is 2.29. The SMILES string of the molecule is CNC(=S)N(c1ccccc1OC)S(=O)[O-]. The molecule has 0 saturated heterocycles. The van der Waals surface area contributed by atoms with Crippen LogP contribution < -0.4 is 14.4 Å². The molecular weight excluding hydrogens is 248 g/mol. The Morgan fingerprint density at radius 3 is 2.69 bits per heavy atom. The van der Waals surface area contributed by atoms with E-state index < -0.39 is 11.3 Å². The minimum absolute atomic E-state index is 0.0813. The van der Waals surface area contributed by atoms with Crippen molar-refractivity contribution in [1.29, 1.82) is 0 Å². The van der Waals surface area contributed by atoms with Crippen molar-refractivity contribution in [3.63, 3.8) is 0 Å². The first-order valence-electron chi connectivity index (χ1n) is 4.36. The van der Waals surface area contributed by atoms with E-state index in [9.17, 15) is 8.76 Å². The maximum atomic E-state index is 11.1. The fraction of sp³-hybridized carbons (Fsp3) is 0.222. The number of benzene rings is 1. The van der Waals surface area contributed by atoms with Crippen LogP contribution in [0.15, 0.2) is 24.3 Å². The monoisotopic (exact) mass is 259 g/mol. The summed E-state index contributed by atoms with van der Waals surface area (Å²) in [5, 5.41) is 2.69. The first-order chi connectivity index (χ1) is 7.61. The van der Waals surface area contributed by atoms with E-state index >= 15 is 0 Å². The molecule has 0 aliphatic heterocycles. The zero-order valence-electron chi connectivity index (χ0n) is 8.80. The second-order valence-electron chi connectivity index (χ2n) is 2.74. The number of anilines is 1. The van der Waals surface area contributed by atoms with Crippen LogP contribution in [0.3, 0.4) is 0 Å². The van der Waals surface area contributed by atoms with Crippen LogP contribution in [-0.2, 0) is 11.3 Å². The summed E-state index contributed by atoms with van der Waals surface area (Å²) >= 11 is 2.41. The lowest BCUT2D eigenvalue weighted by atomic mass is 10.3. The van der Waals surface area contributed by atoms with Gasteiger partial charge in [-0.2, -0.15) is 0 Å². The lowest BCUT2D eigenvalue weighted by molar-refractivity contribution is 0.416. The molecule has 1 atom stereocenters. The zero-order valence-corrected chi connectivity index (χ0v) is 10.4. The Hall–Kier alpha value is -1.18. The Balaban J connectivity index is 3.20. The van der Waals surface area contributed by atoms with Gasteiger partial charge in [0.1, 0.15) is 5.75 Å². The average molecular weight is 259 g/mol. The summed E-state index contributed by atoms with van der Waals surface area (Å²) < 4.78 is 28.2. The Morgan fingerprint density at radius 1 is 1.56 bits per heavy atom. The fourth-order valence-electron chi connectivity index (χ4n) is 1.16. The number of nitrogens with zero attached hydrogens (tertiary/aromatic N) is 1. The third-order valence-corrected chi connectivity index (χ3v) is 3.03. The van der Waals surface area contributed by atoms with E-state index in [4.69, 9.17) is 17.0 Å². The number of hydrogen-bond donors (Lipinski definition) is 1. The van der Waals surface area contributed by atoms with Gasteiger partial charge in [-0.1, -0.05) is 12.1 Å². The lowest BCUT2D eigenvalue weighted by Gasteiger charge is -2.27. The van der Waals surface area contributed by atoms with Gasteiger partial charge in [0.15, 0.2) is 5.11 Å². The molecule has 0 fully saturated rings. The normalized spacial score (nSPS) is 11.7. The standard InChI is InChI=1S/C9H12N2O3S2/c1-10-9(15)11(16(12)13)7-5-3-4-6-8(7)14-2/h3-6H,1-2H3,(H,10,15)(H,12,13)/p-1. The molecule has 16 heavy (non-hydrogen) atoms. The number of methoxy groups -OCH3 is 1. The Kier molecular flexibility index (Phi) is 4.66. The van der Waals surface area contributed by atoms with Gasteiger partial charge in [-0.25, -0.2) is 4.31 Å². The molecule has 0 spiro atoms. The highest BCUT2D eigenvalue weighted by Gasteiger charge is 2.15. The summed E-state index contributed by atoms with van der Waals surface area (Å²) in [6, 6.07) is 6.72. The van der Waals surface area contributed by atoms with Crippen molar-refractivity contribution < 1.29 is 13.5 Å². The van der Waals surface area contributed by atoms with Crippen molar-refractivity contribution in [2.75, 3.05) is 18.5 Å². The number of rotatable bonds is 3. The second-order valence-corrected chi connectivity index (χ2v) is 3.92. The van der Waals surface area contributed by atoms with Gasteiger partial charge in [-0.3, -0.25) is 4.21 Å². The van der Waals surface area contributed by atoms with Crippen molar-refractivity contribution in [1.82, 2.24) is 5.32 Å². The molecular formula is C9H11N2O3S2-. The van der Waals surface area contributed by atoms with E-state index in [2.05, 4.69) is 5.32 Å². The number of nitrogens with one attached hydrogen (secondary N) is 1. The Bertz CT molecular complexity index is 411. The van der Waals surface area contributed by atoms with Crippen molar-refractivity contribution >= 4 is 34.3 Å². The number of ether oxygens (including phenoxy) is 1. The van der Waals surface area contributed by atoms with Gasteiger partial charge in [0.2, 0.25) is 0 Å². The molecule has 1 unspecified atom stereocenters. The van der Waals surface area contributed by atoms with E-state index in [0.717, 1.165) is 4.31 Å². The van der Waals surface area contributed by atoms with Crippen molar-refractivity contribution in [3.05, 3.63) is 24.3 Å². The molecule has 0 aliphatic rings. The molecule has 88 valence electrons. The van der Waals surface area contributed by atoms with Crippen LogP contribution in [0.1, 0.15) is 0 Å². The Labute approximate surface area is 102 Å². The van der Waals surface area contributed by atoms with Gasteiger partial charge >= 0.3 is 0 Å². The topological polar surface area (TPSA) is 64.6 Å². The molecule has 0 saturated carbocycles. The summed E-state index contributed by atoms with van der Waals surface area (Å²) in [6.07, 6.45) is 0. The van der Waals surface area contributed by atoms with E-state index in [1.54, 1.807) is 31.3 Å². The van der Waals surface area contributed by atoms with E-state index in [-0.39, 0.29) is 5.11 Å². The molecule has 7 heteroatoms. The minimum atomic E-state index is -2.50. The van der Waals surface area contributed by atoms with Crippen molar-refractivity contribution in [2.24, 2.45) is 0 Å².